The summed E-state index contributed by atoms with van der Waals surface area (Å²) in [5, 5.41) is 8.66. The number of carbonyl (C=O) groups is 1. The first-order chi connectivity index (χ1) is 14.8. The molecule has 30 heavy (non-hydrogen) atoms. The number of benzene rings is 2. The zero-order chi connectivity index (χ0) is 20.3. The van der Waals surface area contributed by atoms with Gasteiger partial charge in [0.15, 0.2) is 6.61 Å². The Hall–Kier alpha value is -3.26. The summed E-state index contributed by atoms with van der Waals surface area (Å²) >= 11 is 1.73. The highest BCUT2D eigenvalue weighted by Crippen LogP contribution is 2.33. The van der Waals surface area contributed by atoms with Gasteiger partial charge in [0.2, 0.25) is 12.3 Å². The number of thiazole rings is 1. The van der Waals surface area contributed by atoms with Gasteiger partial charge in [0.25, 0.3) is 5.91 Å². The molecule has 7 nitrogen and oxygen atoms in total. The summed E-state index contributed by atoms with van der Waals surface area (Å²) in [6.07, 6.45) is 3.32. The highest BCUT2D eigenvalue weighted by Gasteiger charge is 2.27. The number of carbonyl (C=O) groups excluding carboxylic acids is 1. The van der Waals surface area contributed by atoms with Crippen LogP contribution in [0.15, 0.2) is 59.3 Å². The van der Waals surface area contributed by atoms with Gasteiger partial charge in [-0.1, -0.05) is 12.1 Å². The van der Waals surface area contributed by atoms with Crippen molar-refractivity contribution in [1.29, 1.82) is 0 Å². The average molecular weight is 420 g/mol. The van der Waals surface area contributed by atoms with Gasteiger partial charge in [-0.25, -0.2) is 4.98 Å². The number of likely N-dealkylation sites (tertiary alicyclic amines) is 1. The van der Waals surface area contributed by atoms with Crippen LogP contribution in [0.1, 0.15) is 23.8 Å². The van der Waals surface area contributed by atoms with Gasteiger partial charge in [-0.3, -0.25) is 4.79 Å². The SMILES string of the molecule is O=C(COc1ccc(-c2nnco2)cc1)N1CCCC(c2nc3ccccc3s2)C1. The Bertz CT molecular complexity index is 1110. The number of piperidine rings is 1. The second kappa shape index (κ2) is 8.23. The molecule has 2 aromatic carbocycles. The van der Waals surface area contributed by atoms with Crippen LogP contribution in [0.4, 0.5) is 0 Å². The van der Waals surface area contributed by atoms with Gasteiger partial charge in [0, 0.05) is 24.6 Å². The third kappa shape index (κ3) is 3.91. The molecular weight excluding hydrogens is 400 g/mol. The maximum Gasteiger partial charge on any atom is 0.260 e. The number of aromatic nitrogens is 3. The van der Waals surface area contributed by atoms with Crippen molar-refractivity contribution in [2.75, 3.05) is 19.7 Å². The lowest BCUT2D eigenvalue weighted by molar-refractivity contribution is -0.134. The number of amides is 1. The molecule has 1 unspecified atom stereocenters. The normalized spacial score (nSPS) is 16.7. The Kier molecular flexibility index (Phi) is 5.15. The molecule has 3 heterocycles. The van der Waals surface area contributed by atoms with E-state index in [1.165, 1.54) is 11.1 Å². The molecule has 0 N–H and O–H groups in total. The number of ether oxygens (including phenoxy) is 1. The van der Waals surface area contributed by atoms with Gasteiger partial charge in [-0.05, 0) is 49.2 Å². The van der Waals surface area contributed by atoms with Crippen LogP contribution in [-0.4, -0.2) is 45.7 Å². The van der Waals surface area contributed by atoms with Crippen LogP contribution in [-0.2, 0) is 4.79 Å². The fourth-order valence-electron chi connectivity index (χ4n) is 3.70. The van der Waals surface area contributed by atoms with Crippen molar-refractivity contribution >= 4 is 27.5 Å². The van der Waals surface area contributed by atoms with Gasteiger partial charge >= 0.3 is 0 Å². The second-order valence-electron chi connectivity index (χ2n) is 7.26. The fourth-order valence-corrected chi connectivity index (χ4v) is 4.79. The number of hydrogen-bond donors (Lipinski definition) is 0. The van der Waals surface area contributed by atoms with E-state index in [2.05, 4.69) is 16.3 Å². The molecule has 0 bridgehead atoms. The third-order valence-electron chi connectivity index (χ3n) is 5.26. The van der Waals surface area contributed by atoms with E-state index < -0.39 is 0 Å². The average Bonchev–Trinajstić information content (AvgIpc) is 3.48. The topological polar surface area (TPSA) is 81.3 Å². The standard InChI is InChI=1S/C22H20N4O3S/c27-20(13-28-17-9-7-15(8-10-17)21-25-23-14-29-21)26-11-3-4-16(12-26)22-24-18-5-1-2-6-19(18)30-22/h1-2,5-10,14,16H,3-4,11-13H2. The quantitative estimate of drug-likeness (QED) is 0.483. The van der Waals surface area contributed by atoms with E-state index in [1.54, 1.807) is 23.5 Å². The molecule has 5 rings (SSSR count). The smallest absolute Gasteiger partial charge is 0.260 e. The second-order valence-corrected chi connectivity index (χ2v) is 8.32. The van der Waals surface area contributed by atoms with Crippen molar-refractivity contribution in [2.24, 2.45) is 0 Å². The monoisotopic (exact) mass is 420 g/mol. The Morgan fingerprint density at radius 3 is 2.87 bits per heavy atom. The molecule has 1 atom stereocenters. The first-order valence-electron chi connectivity index (χ1n) is 9.89. The number of rotatable bonds is 5. The van der Waals surface area contributed by atoms with Crippen molar-refractivity contribution in [2.45, 2.75) is 18.8 Å². The van der Waals surface area contributed by atoms with Gasteiger partial charge in [0.1, 0.15) is 5.75 Å². The summed E-state index contributed by atoms with van der Waals surface area (Å²) in [5.74, 6) is 1.37. The molecule has 1 saturated heterocycles. The maximum absolute atomic E-state index is 12.7. The Morgan fingerprint density at radius 2 is 2.07 bits per heavy atom. The van der Waals surface area contributed by atoms with Crippen molar-refractivity contribution in [3.63, 3.8) is 0 Å². The van der Waals surface area contributed by atoms with E-state index in [0.717, 1.165) is 35.5 Å². The fraction of sp³-hybridized carbons (Fsp3) is 0.273. The van der Waals surface area contributed by atoms with Crippen LogP contribution in [0.25, 0.3) is 21.7 Å². The molecule has 8 heteroatoms. The summed E-state index contributed by atoms with van der Waals surface area (Å²) in [6, 6.07) is 15.4. The lowest BCUT2D eigenvalue weighted by Crippen LogP contribution is -2.41. The zero-order valence-electron chi connectivity index (χ0n) is 16.2. The van der Waals surface area contributed by atoms with Crippen molar-refractivity contribution in [3.05, 3.63) is 59.9 Å². The van der Waals surface area contributed by atoms with Crippen LogP contribution in [0.2, 0.25) is 0 Å². The lowest BCUT2D eigenvalue weighted by atomic mass is 9.99. The number of para-hydroxylation sites is 1. The third-order valence-corrected chi connectivity index (χ3v) is 6.46. The summed E-state index contributed by atoms with van der Waals surface area (Å²) in [7, 11) is 0. The summed E-state index contributed by atoms with van der Waals surface area (Å²) < 4.78 is 12.1. The minimum absolute atomic E-state index is 0.00166. The zero-order valence-corrected chi connectivity index (χ0v) is 17.0. The van der Waals surface area contributed by atoms with E-state index in [9.17, 15) is 4.79 Å². The van der Waals surface area contributed by atoms with Crippen LogP contribution >= 0.6 is 11.3 Å². The minimum atomic E-state index is 0.00166. The molecule has 1 aliphatic heterocycles. The van der Waals surface area contributed by atoms with Crippen molar-refractivity contribution < 1.29 is 13.9 Å². The molecule has 4 aromatic rings. The number of fused-ring (bicyclic) bond motifs is 1. The first-order valence-corrected chi connectivity index (χ1v) is 10.7. The number of nitrogens with zero attached hydrogens (tertiary/aromatic N) is 4. The van der Waals surface area contributed by atoms with Crippen LogP contribution in [0, 0.1) is 0 Å². The minimum Gasteiger partial charge on any atom is -0.484 e. The van der Waals surface area contributed by atoms with Gasteiger partial charge < -0.3 is 14.1 Å². The Balaban J connectivity index is 1.19. The van der Waals surface area contributed by atoms with Gasteiger partial charge in [-0.2, -0.15) is 0 Å². The summed E-state index contributed by atoms with van der Waals surface area (Å²) in [5.41, 5.74) is 1.84. The molecule has 0 radical (unpaired) electrons. The Morgan fingerprint density at radius 1 is 1.20 bits per heavy atom. The van der Waals surface area contributed by atoms with Gasteiger partial charge in [0.05, 0.1) is 15.2 Å². The molecule has 0 aliphatic carbocycles. The highest BCUT2D eigenvalue weighted by molar-refractivity contribution is 7.18. The van der Waals surface area contributed by atoms with Crippen LogP contribution in [0.5, 0.6) is 5.75 Å². The van der Waals surface area contributed by atoms with E-state index in [4.69, 9.17) is 14.1 Å². The first kappa shape index (κ1) is 18.7. The van der Waals surface area contributed by atoms with E-state index in [0.29, 0.717) is 18.2 Å². The molecule has 1 fully saturated rings. The Labute approximate surface area is 177 Å². The maximum atomic E-state index is 12.7. The lowest BCUT2D eigenvalue weighted by Gasteiger charge is -2.31. The van der Waals surface area contributed by atoms with E-state index >= 15 is 0 Å². The van der Waals surface area contributed by atoms with E-state index in [-0.39, 0.29) is 18.4 Å². The largest absolute Gasteiger partial charge is 0.484 e. The predicted octanol–water partition coefficient (Wildman–Crippen LogP) is 4.13. The van der Waals surface area contributed by atoms with Gasteiger partial charge in [-0.15, -0.1) is 21.5 Å². The highest BCUT2D eigenvalue weighted by atomic mass is 32.1. The molecule has 0 spiro atoms. The molecule has 2 aromatic heterocycles. The molecule has 152 valence electrons. The van der Waals surface area contributed by atoms with Crippen LogP contribution in [0.3, 0.4) is 0 Å². The van der Waals surface area contributed by atoms with E-state index in [1.807, 2.05) is 35.2 Å². The molecule has 1 aliphatic rings. The molecule has 1 amide bonds. The predicted molar refractivity (Wildman–Crippen MR) is 113 cm³/mol. The molecule has 0 saturated carbocycles. The summed E-state index contributed by atoms with van der Waals surface area (Å²) in [4.78, 5) is 19.4. The van der Waals surface area contributed by atoms with Crippen molar-refractivity contribution in [1.82, 2.24) is 20.1 Å². The van der Waals surface area contributed by atoms with Crippen LogP contribution < -0.4 is 4.74 Å². The number of hydrogen-bond acceptors (Lipinski definition) is 7. The molecular formula is C22H20N4O3S. The van der Waals surface area contributed by atoms with Crippen molar-refractivity contribution in [3.8, 4) is 17.2 Å². The summed E-state index contributed by atoms with van der Waals surface area (Å²) in [6.45, 7) is 1.48.